The molecule has 0 bridgehead atoms. The highest BCUT2D eigenvalue weighted by molar-refractivity contribution is 5.31. The quantitative estimate of drug-likeness (QED) is 0.893. The lowest BCUT2D eigenvalue weighted by Gasteiger charge is -2.19. The van der Waals surface area contributed by atoms with Crippen LogP contribution in [0.15, 0.2) is 30.3 Å². The molecule has 0 aliphatic heterocycles. The van der Waals surface area contributed by atoms with Crippen molar-refractivity contribution >= 4 is 0 Å². The molecule has 1 atom stereocenters. The predicted molar refractivity (Wildman–Crippen MR) is 78.2 cm³/mol. The van der Waals surface area contributed by atoms with Gasteiger partial charge < -0.3 is 10.8 Å². The van der Waals surface area contributed by atoms with Crippen molar-refractivity contribution < 1.29 is 5.11 Å². The van der Waals surface area contributed by atoms with Crippen LogP contribution in [0, 0.1) is 0 Å². The molecular weight excluding hydrogens is 250 g/mol. The number of hydrogen-bond donors (Lipinski definition) is 2. The average Bonchev–Trinajstić information content (AvgIpc) is 2.86. The van der Waals surface area contributed by atoms with Crippen LogP contribution in [0.5, 0.6) is 0 Å². The zero-order valence-electron chi connectivity index (χ0n) is 11.6. The maximum atomic E-state index is 10.2. The lowest BCUT2D eigenvalue weighted by molar-refractivity contribution is 0.154. The largest absolute Gasteiger partial charge is 0.388 e. The number of fused-ring (bicyclic) bond motifs is 1. The minimum absolute atomic E-state index is 0.386. The first-order valence-electron chi connectivity index (χ1n) is 7.30. The van der Waals surface area contributed by atoms with Crippen molar-refractivity contribution in [2.24, 2.45) is 5.73 Å². The Hall–Kier alpha value is -1.65. The second-order valence-electron chi connectivity index (χ2n) is 5.38. The zero-order chi connectivity index (χ0) is 13.9. The van der Waals surface area contributed by atoms with Gasteiger partial charge in [-0.3, -0.25) is 4.68 Å². The molecule has 0 fully saturated rings. The van der Waals surface area contributed by atoms with E-state index in [1.54, 1.807) is 0 Å². The van der Waals surface area contributed by atoms with E-state index in [9.17, 15) is 5.11 Å². The number of rotatable bonds is 4. The molecule has 0 saturated heterocycles. The molecule has 1 aliphatic rings. The first kappa shape index (κ1) is 13.3. The Morgan fingerprint density at radius 1 is 1.30 bits per heavy atom. The molecule has 1 unspecified atom stereocenters. The first-order valence-corrected chi connectivity index (χ1v) is 7.30. The molecule has 106 valence electrons. The molecule has 1 aromatic carbocycles. The smallest absolute Gasteiger partial charge is 0.0826 e. The van der Waals surface area contributed by atoms with E-state index in [1.807, 2.05) is 10.7 Å². The van der Waals surface area contributed by atoms with E-state index in [-0.39, 0.29) is 6.10 Å². The van der Waals surface area contributed by atoms with Crippen molar-refractivity contribution in [2.75, 3.05) is 0 Å². The van der Waals surface area contributed by atoms with Gasteiger partial charge in [0.2, 0.25) is 0 Å². The predicted octanol–water partition coefficient (Wildman–Crippen LogP) is 1.95. The average molecular weight is 271 g/mol. The first-order chi connectivity index (χ1) is 9.79. The highest BCUT2D eigenvalue weighted by Crippen LogP contribution is 2.32. The second kappa shape index (κ2) is 5.77. The van der Waals surface area contributed by atoms with Gasteiger partial charge in [-0.25, -0.2) is 0 Å². The summed E-state index contributed by atoms with van der Waals surface area (Å²) in [5.74, 6) is 0. The molecule has 1 heterocycles. The van der Waals surface area contributed by atoms with E-state index in [4.69, 9.17) is 5.73 Å². The molecule has 4 nitrogen and oxygen atoms in total. The van der Waals surface area contributed by atoms with Gasteiger partial charge in [0.05, 0.1) is 11.8 Å². The van der Waals surface area contributed by atoms with Gasteiger partial charge in [-0.15, -0.1) is 0 Å². The highest BCUT2D eigenvalue weighted by Gasteiger charge is 2.26. The van der Waals surface area contributed by atoms with Crippen LogP contribution in [0.1, 0.15) is 41.5 Å². The molecule has 0 saturated carbocycles. The van der Waals surface area contributed by atoms with Crippen LogP contribution in [0.2, 0.25) is 0 Å². The summed E-state index contributed by atoms with van der Waals surface area (Å²) < 4.78 is 2.05. The Morgan fingerprint density at radius 2 is 2.10 bits per heavy atom. The number of aryl methyl sites for hydroxylation is 2. The number of hydrogen-bond acceptors (Lipinski definition) is 3. The van der Waals surface area contributed by atoms with Crippen molar-refractivity contribution in [2.45, 2.75) is 44.9 Å². The fourth-order valence-corrected chi connectivity index (χ4v) is 3.04. The Labute approximate surface area is 119 Å². The van der Waals surface area contributed by atoms with Gasteiger partial charge in [0.25, 0.3) is 0 Å². The van der Waals surface area contributed by atoms with E-state index in [0.29, 0.717) is 6.54 Å². The number of nitrogens with zero attached hydrogens (tertiary/aromatic N) is 2. The van der Waals surface area contributed by atoms with Crippen LogP contribution in [-0.2, 0) is 25.9 Å². The fourth-order valence-electron chi connectivity index (χ4n) is 3.04. The highest BCUT2D eigenvalue weighted by atomic mass is 16.3. The van der Waals surface area contributed by atoms with Gasteiger partial charge in [-0.1, -0.05) is 30.3 Å². The molecule has 1 aromatic heterocycles. The molecule has 0 spiro atoms. The van der Waals surface area contributed by atoms with Crippen LogP contribution >= 0.6 is 0 Å². The Morgan fingerprint density at radius 3 is 2.85 bits per heavy atom. The van der Waals surface area contributed by atoms with Crippen molar-refractivity contribution in [3.8, 4) is 0 Å². The summed E-state index contributed by atoms with van der Waals surface area (Å²) in [6.45, 7) is 1.25. The molecule has 3 N–H and O–H groups in total. The SMILES string of the molecule is NCc1nn(CCc2ccccc2)c2c1C(O)CCC2. The van der Waals surface area contributed by atoms with Crippen LogP contribution in [0.4, 0.5) is 0 Å². The number of aliphatic hydroxyl groups is 1. The second-order valence-corrected chi connectivity index (χ2v) is 5.38. The summed E-state index contributed by atoms with van der Waals surface area (Å²) in [6, 6.07) is 10.4. The molecular formula is C16H21N3O. The minimum atomic E-state index is -0.386. The third-order valence-electron chi connectivity index (χ3n) is 4.05. The lowest BCUT2D eigenvalue weighted by atomic mass is 9.93. The number of aliphatic hydroxyl groups excluding tert-OH is 1. The standard InChI is InChI=1S/C16H21N3O/c17-11-13-16-14(7-4-8-15(16)20)19(18-13)10-9-12-5-2-1-3-6-12/h1-3,5-6,15,20H,4,7-11,17H2. The van der Waals surface area contributed by atoms with Gasteiger partial charge in [0.15, 0.2) is 0 Å². The summed E-state index contributed by atoms with van der Waals surface area (Å²) in [5.41, 5.74) is 10.1. The molecule has 1 aliphatic carbocycles. The molecule has 0 amide bonds. The van der Waals surface area contributed by atoms with Crippen molar-refractivity contribution in [1.29, 1.82) is 0 Å². The van der Waals surface area contributed by atoms with Gasteiger partial charge >= 0.3 is 0 Å². The maximum Gasteiger partial charge on any atom is 0.0826 e. The molecule has 4 heteroatoms. The Kier molecular flexibility index (Phi) is 3.85. The van der Waals surface area contributed by atoms with E-state index in [0.717, 1.165) is 43.5 Å². The summed E-state index contributed by atoms with van der Waals surface area (Å²) in [7, 11) is 0. The summed E-state index contributed by atoms with van der Waals surface area (Å²) in [6.07, 6.45) is 3.41. The molecule has 0 radical (unpaired) electrons. The van der Waals surface area contributed by atoms with Crippen molar-refractivity contribution in [1.82, 2.24) is 9.78 Å². The zero-order valence-corrected chi connectivity index (χ0v) is 11.6. The Bertz CT molecular complexity index is 577. The monoisotopic (exact) mass is 271 g/mol. The topological polar surface area (TPSA) is 64.1 Å². The molecule has 20 heavy (non-hydrogen) atoms. The van der Waals surface area contributed by atoms with Gasteiger partial charge in [0, 0.05) is 24.3 Å². The van der Waals surface area contributed by atoms with Crippen LogP contribution in [0.25, 0.3) is 0 Å². The van der Waals surface area contributed by atoms with E-state index in [2.05, 4.69) is 29.4 Å². The molecule has 3 rings (SSSR count). The number of nitrogens with two attached hydrogens (primary N) is 1. The number of benzene rings is 1. The fraction of sp³-hybridized carbons (Fsp3) is 0.438. The summed E-state index contributed by atoms with van der Waals surface area (Å²) >= 11 is 0. The van der Waals surface area contributed by atoms with E-state index in [1.165, 1.54) is 11.3 Å². The van der Waals surface area contributed by atoms with Gasteiger partial charge in [-0.05, 0) is 31.2 Å². The van der Waals surface area contributed by atoms with Crippen molar-refractivity contribution in [3.63, 3.8) is 0 Å². The van der Waals surface area contributed by atoms with Crippen LogP contribution in [-0.4, -0.2) is 14.9 Å². The van der Waals surface area contributed by atoms with Gasteiger partial charge in [-0.2, -0.15) is 5.10 Å². The summed E-state index contributed by atoms with van der Waals surface area (Å²) in [4.78, 5) is 0. The van der Waals surface area contributed by atoms with E-state index >= 15 is 0 Å². The Balaban J connectivity index is 1.83. The normalized spacial score (nSPS) is 18.0. The summed E-state index contributed by atoms with van der Waals surface area (Å²) in [5, 5.41) is 14.8. The minimum Gasteiger partial charge on any atom is -0.388 e. The number of aromatic nitrogens is 2. The van der Waals surface area contributed by atoms with Crippen LogP contribution < -0.4 is 5.73 Å². The third-order valence-corrected chi connectivity index (χ3v) is 4.05. The third kappa shape index (κ3) is 2.49. The van der Waals surface area contributed by atoms with Crippen molar-refractivity contribution in [3.05, 3.63) is 52.8 Å². The lowest BCUT2D eigenvalue weighted by Crippen LogP contribution is -2.14. The van der Waals surface area contributed by atoms with Gasteiger partial charge in [0.1, 0.15) is 0 Å². The maximum absolute atomic E-state index is 10.2. The van der Waals surface area contributed by atoms with Crippen LogP contribution in [0.3, 0.4) is 0 Å². The van der Waals surface area contributed by atoms with E-state index < -0.39 is 0 Å². The molecule has 2 aromatic rings.